The van der Waals surface area contributed by atoms with Gasteiger partial charge in [0.25, 0.3) is 0 Å². The number of amides is 1. The quantitative estimate of drug-likeness (QED) is 0.327. The molecule has 0 radical (unpaired) electrons. The van der Waals surface area contributed by atoms with Crippen LogP contribution in [0.1, 0.15) is 43.1 Å². The molecule has 9 nitrogen and oxygen atoms in total. The monoisotopic (exact) mass is 570 g/mol. The number of hydrogen-bond acceptors (Lipinski definition) is 6. The number of imidazole rings is 1. The van der Waals surface area contributed by atoms with Crippen molar-refractivity contribution in [2.24, 2.45) is 0 Å². The van der Waals surface area contributed by atoms with Crippen molar-refractivity contribution in [2.75, 3.05) is 23.4 Å². The predicted octanol–water partition coefficient (Wildman–Crippen LogP) is 5.39. The Balaban J connectivity index is 1.36. The van der Waals surface area contributed by atoms with Gasteiger partial charge in [-0.2, -0.15) is 18.3 Å². The molecule has 2 aliphatic rings. The fraction of sp³-hybridized carbons (Fsp3) is 0.370. The SMILES string of the molecule is CC(C)n1ncc(Cl)c1-c1ncc2c(n1)N(Cc1ccc3c(c1)CCCn1cc(C(F)(F)F)nc1-3)CC(=O)N2C. The molecule has 0 bridgehead atoms. The zero-order chi connectivity index (χ0) is 28.3. The number of benzene rings is 1. The van der Waals surface area contributed by atoms with E-state index < -0.39 is 11.9 Å². The molecule has 40 heavy (non-hydrogen) atoms. The maximum absolute atomic E-state index is 13.3. The first-order valence-corrected chi connectivity index (χ1v) is 13.3. The van der Waals surface area contributed by atoms with Crippen LogP contribution in [0.2, 0.25) is 5.02 Å². The van der Waals surface area contributed by atoms with E-state index >= 15 is 0 Å². The molecule has 5 heterocycles. The number of rotatable bonds is 4. The van der Waals surface area contributed by atoms with Crippen molar-refractivity contribution in [3.63, 3.8) is 0 Å². The Kier molecular flexibility index (Phi) is 6.32. The van der Waals surface area contributed by atoms with Gasteiger partial charge in [-0.25, -0.2) is 15.0 Å². The molecule has 4 aromatic rings. The van der Waals surface area contributed by atoms with E-state index in [1.54, 1.807) is 28.7 Å². The zero-order valence-electron chi connectivity index (χ0n) is 22.1. The highest BCUT2D eigenvalue weighted by molar-refractivity contribution is 6.32. The predicted molar refractivity (Wildman–Crippen MR) is 144 cm³/mol. The Hall–Kier alpha value is -3.93. The van der Waals surface area contributed by atoms with E-state index in [1.807, 2.05) is 36.9 Å². The molecule has 0 saturated heterocycles. The zero-order valence-corrected chi connectivity index (χ0v) is 22.8. The summed E-state index contributed by atoms with van der Waals surface area (Å²) in [7, 11) is 1.69. The summed E-state index contributed by atoms with van der Waals surface area (Å²) in [5.41, 5.74) is 2.80. The van der Waals surface area contributed by atoms with Gasteiger partial charge >= 0.3 is 6.18 Å². The van der Waals surface area contributed by atoms with Crippen molar-refractivity contribution in [1.29, 1.82) is 0 Å². The second-order valence-electron chi connectivity index (χ2n) is 10.3. The van der Waals surface area contributed by atoms with Gasteiger partial charge in [0.2, 0.25) is 5.91 Å². The summed E-state index contributed by atoms with van der Waals surface area (Å²) in [5, 5.41) is 4.78. The van der Waals surface area contributed by atoms with Crippen LogP contribution in [-0.4, -0.2) is 48.8 Å². The highest BCUT2D eigenvalue weighted by Gasteiger charge is 2.36. The third kappa shape index (κ3) is 4.49. The number of fused-ring (bicyclic) bond motifs is 4. The summed E-state index contributed by atoms with van der Waals surface area (Å²) in [4.78, 5) is 29.5. The molecule has 0 saturated carbocycles. The van der Waals surface area contributed by atoms with Gasteiger partial charge in [0, 0.05) is 37.9 Å². The Morgan fingerprint density at radius 1 is 1.15 bits per heavy atom. The molecule has 1 amide bonds. The first-order valence-electron chi connectivity index (χ1n) is 12.9. The molecule has 6 rings (SSSR count). The summed E-state index contributed by atoms with van der Waals surface area (Å²) < 4.78 is 43.3. The number of hydrogen-bond donors (Lipinski definition) is 0. The number of aryl methyl sites for hydroxylation is 2. The van der Waals surface area contributed by atoms with Gasteiger partial charge in [-0.15, -0.1) is 0 Å². The van der Waals surface area contributed by atoms with Crippen LogP contribution in [0.15, 0.2) is 36.8 Å². The van der Waals surface area contributed by atoms with Crippen LogP contribution in [0.25, 0.3) is 22.9 Å². The number of anilines is 2. The highest BCUT2D eigenvalue weighted by atomic mass is 35.5. The number of nitrogens with zero attached hydrogens (tertiary/aromatic N) is 8. The van der Waals surface area contributed by atoms with Gasteiger partial charge in [-0.3, -0.25) is 9.48 Å². The number of aromatic nitrogens is 6. The third-order valence-corrected chi connectivity index (χ3v) is 7.54. The smallest absolute Gasteiger partial charge is 0.341 e. The van der Waals surface area contributed by atoms with Gasteiger partial charge in [0.15, 0.2) is 17.3 Å². The molecule has 0 aliphatic carbocycles. The average Bonchev–Trinajstić information content (AvgIpc) is 3.47. The van der Waals surface area contributed by atoms with Crippen LogP contribution in [0, 0.1) is 0 Å². The Labute approximate surface area is 233 Å². The Morgan fingerprint density at radius 3 is 2.70 bits per heavy atom. The number of carbonyl (C=O) groups is 1. The molecule has 0 spiro atoms. The number of alkyl halides is 3. The van der Waals surface area contributed by atoms with Crippen molar-refractivity contribution in [3.05, 3.63) is 58.6 Å². The topological polar surface area (TPSA) is 85.0 Å². The first-order chi connectivity index (χ1) is 19.0. The van der Waals surface area contributed by atoms with Crippen LogP contribution < -0.4 is 9.80 Å². The molecular weight excluding hydrogens is 545 g/mol. The molecule has 0 N–H and O–H groups in total. The van der Waals surface area contributed by atoms with E-state index in [1.165, 1.54) is 4.90 Å². The fourth-order valence-electron chi connectivity index (χ4n) is 5.27. The summed E-state index contributed by atoms with van der Waals surface area (Å²) in [6, 6.07) is 5.71. The van der Waals surface area contributed by atoms with E-state index in [2.05, 4.69) is 15.1 Å². The standard InChI is InChI=1S/C27H26ClF3N8O/c1-15(2)39-23(19(28)10-33-39)24-32-11-20-26(35-24)38(14-22(40)36(20)3)12-16-6-7-18-17(9-16)5-4-8-37-13-21(27(29,30)31)34-25(18)37/h6-7,9-11,13,15H,4-5,8,12,14H2,1-3H3. The van der Waals surface area contributed by atoms with Crippen LogP contribution in [0.5, 0.6) is 0 Å². The van der Waals surface area contributed by atoms with Gasteiger partial charge in [0.1, 0.15) is 17.2 Å². The van der Waals surface area contributed by atoms with Gasteiger partial charge in [-0.1, -0.05) is 29.8 Å². The molecule has 0 fully saturated rings. The van der Waals surface area contributed by atoms with E-state index in [9.17, 15) is 18.0 Å². The van der Waals surface area contributed by atoms with E-state index in [-0.39, 0.29) is 18.5 Å². The Morgan fingerprint density at radius 2 is 1.95 bits per heavy atom. The number of likely N-dealkylation sites (N-methyl/N-ethyl adjacent to an activating group) is 1. The molecule has 13 heteroatoms. The molecule has 0 unspecified atom stereocenters. The maximum atomic E-state index is 13.3. The second kappa shape index (κ2) is 9.61. The molecule has 2 aliphatic heterocycles. The lowest BCUT2D eigenvalue weighted by atomic mass is 10.00. The minimum Gasteiger partial charge on any atom is -0.341 e. The normalized spacial score (nSPS) is 15.2. The highest BCUT2D eigenvalue weighted by Crippen LogP contribution is 2.37. The van der Waals surface area contributed by atoms with Crippen LogP contribution in [0.4, 0.5) is 24.7 Å². The summed E-state index contributed by atoms with van der Waals surface area (Å²) in [5.74, 6) is 1.20. The average molecular weight is 571 g/mol. The first kappa shape index (κ1) is 26.3. The summed E-state index contributed by atoms with van der Waals surface area (Å²) in [6.45, 7) is 4.90. The van der Waals surface area contributed by atoms with Gasteiger partial charge in [-0.05, 0) is 37.8 Å². The number of carbonyl (C=O) groups excluding carboxylic acids is 1. The number of halogens is 4. The van der Waals surface area contributed by atoms with Crippen LogP contribution >= 0.6 is 11.6 Å². The lowest BCUT2D eigenvalue weighted by Gasteiger charge is -2.34. The van der Waals surface area contributed by atoms with Gasteiger partial charge < -0.3 is 14.4 Å². The van der Waals surface area contributed by atoms with Crippen LogP contribution in [-0.2, 0) is 30.5 Å². The van der Waals surface area contributed by atoms with E-state index in [4.69, 9.17) is 16.6 Å². The molecule has 208 valence electrons. The second-order valence-corrected chi connectivity index (χ2v) is 10.7. The molecular formula is C27H26ClF3N8O. The lowest BCUT2D eigenvalue weighted by molar-refractivity contribution is -0.140. The largest absolute Gasteiger partial charge is 0.434 e. The molecule has 0 atom stereocenters. The summed E-state index contributed by atoms with van der Waals surface area (Å²) in [6.07, 6.45) is 1.15. The molecule has 1 aromatic carbocycles. The minimum atomic E-state index is -4.50. The van der Waals surface area contributed by atoms with Gasteiger partial charge in [0.05, 0.1) is 24.0 Å². The minimum absolute atomic E-state index is 0.0323. The summed E-state index contributed by atoms with van der Waals surface area (Å²) >= 11 is 6.46. The van der Waals surface area contributed by atoms with Crippen molar-refractivity contribution < 1.29 is 18.0 Å². The van der Waals surface area contributed by atoms with Crippen LogP contribution in [0.3, 0.4) is 0 Å². The van der Waals surface area contributed by atoms with E-state index in [0.717, 1.165) is 17.3 Å². The van der Waals surface area contributed by atoms with Crippen molar-refractivity contribution in [1.82, 2.24) is 29.3 Å². The van der Waals surface area contributed by atoms with Crippen molar-refractivity contribution in [3.8, 4) is 22.9 Å². The Bertz CT molecular complexity index is 1630. The third-order valence-electron chi connectivity index (χ3n) is 7.26. The maximum Gasteiger partial charge on any atom is 0.434 e. The van der Waals surface area contributed by atoms with Crippen molar-refractivity contribution in [2.45, 2.75) is 52.0 Å². The van der Waals surface area contributed by atoms with E-state index in [0.29, 0.717) is 65.4 Å². The van der Waals surface area contributed by atoms with Crippen molar-refractivity contribution >= 4 is 29.0 Å². The lowest BCUT2D eigenvalue weighted by Crippen LogP contribution is -2.44. The fourth-order valence-corrected chi connectivity index (χ4v) is 5.48. The molecule has 3 aromatic heterocycles.